The van der Waals surface area contributed by atoms with Crippen molar-refractivity contribution in [3.63, 3.8) is 0 Å². The fourth-order valence-corrected chi connectivity index (χ4v) is 1.96. The normalized spacial score (nSPS) is 12.5. The van der Waals surface area contributed by atoms with Crippen molar-refractivity contribution in [1.29, 1.82) is 0 Å². The molecule has 0 amide bonds. The molecule has 2 rings (SSSR count). The Morgan fingerprint density at radius 1 is 1.00 bits per heavy atom. The van der Waals surface area contributed by atoms with Gasteiger partial charge in [-0.15, -0.1) is 0 Å². The molecular formula is C15H13F3O. The molecule has 0 fully saturated rings. The highest BCUT2D eigenvalue weighted by molar-refractivity contribution is 5.29. The Labute approximate surface area is 109 Å². The second-order valence-corrected chi connectivity index (χ2v) is 4.41. The highest BCUT2D eigenvalue weighted by Gasteiger charge is 2.19. The Hall–Kier alpha value is -1.81. The second kappa shape index (κ2) is 5.45. The van der Waals surface area contributed by atoms with E-state index in [1.165, 1.54) is 0 Å². The molecule has 1 N–H and O–H groups in total. The fourth-order valence-electron chi connectivity index (χ4n) is 1.96. The summed E-state index contributed by atoms with van der Waals surface area (Å²) >= 11 is 0. The summed E-state index contributed by atoms with van der Waals surface area (Å²) in [5, 5.41) is 9.97. The van der Waals surface area contributed by atoms with E-state index in [1.807, 2.05) is 19.1 Å². The molecule has 0 aromatic heterocycles. The minimum Gasteiger partial charge on any atom is -0.388 e. The molecule has 1 atom stereocenters. The van der Waals surface area contributed by atoms with Crippen LogP contribution in [0, 0.1) is 24.4 Å². The van der Waals surface area contributed by atoms with Crippen LogP contribution in [-0.4, -0.2) is 5.11 Å². The number of aliphatic hydroxyl groups excluding tert-OH is 1. The highest BCUT2D eigenvalue weighted by atomic mass is 19.2. The lowest BCUT2D eigenvalue weighted by Crippen LogP contribution is -2.07. The molecule has 2 aromatic carbocycles. The third-order valence-corrected chi connectivity index (χ3v) is 3.10. The van der Waals surface area contributed by atoms with Gasteiger partial charge in [0.05, 0.1) is 6.10 Å². The maximum atomic E-state index is 13.5. The molecule has 4 heteroatoms. The quantitative estimate of drug-likeness (QED) is 0.840. The van der Waals surface area contributed by atoms with Crippen molar-refractivity contribution in [2.45, 2.75) is 19.4 Å². The van der Waals surface area contributed by atoms with Crippen LogP contribution in [0.25, 0.3) is 0 Å². The summed E-state index contributed by atoms with van der Waals surface area (Å²) in [5.41, 5.74) is 1.55. The van der Waals surface area contributed by atoms with Gasteiger partial charge in [0.25, 0.3) is 0 Å². The lowest BCUT2D eigenvalue weighted by molar-refractivity contribution is 0.171. The zero-order valence-electron chi connectivity index (χ0n) is 10.3. The summed E-state index contributed by atoms with van der Waals surface area (Å²) in [4.78, 5) is 0. The van der Waals surface area contributed by atoms with Crippen LogP contribution in [0.15, 0.2) is 36.4 Å². The molecule has 0 bridgehead atoms. The van der Waals surface area contributed by atoms with Crippen LogP contribution in [0.3, 0.4) is 0 Å². The Morgan fingerprint density at radius 2 is 1.68 bits per heavy atom. The third kappa shape index (κ3) is 2.79. The molecule has 0 heterocycles. The molecule has 1 nitrogen and oxygen atoms in total. The number of aryl methyl sites for hydroxylation is 1. The third-order valence-electron chi connectivity index (χ3n) is 3.10. The van der Waals surface area contributed by atoms with Crippen LogP contribution in [0.2, 0.25) is 0 Å². The van der Waals surface area contributed by atoms with Crippen LogP contribution >= 0.6 is 0 Å². The number of rotatable bonds is 3. The van der Waals surface area contributed by atoms with Gasteiger partial charge >= 0.3 is 0 Å². The van der Waals surface area contributed by atoms with Gasteiger partial charge in [-0.05, 0) is 24.1 Å². The monoisotopic (exact) mass is 266 g/mol. The Bertz CT molecular complexity index is 596. The van der Waals surface area contributed by atoms with Crippen LogP contribution in [-0.2, 0) is 6.42 Å². The SMILES string of the molecule is Cc1ccccc1CC(O)c1ccc(F)c(F)c1F. The molecular weight excluding hydrogens is 253 g/mol. The second-order valence-electron chi connectivity index (χ2n) is 4.41. The lowest BCUT2D eigenvalue weighted by Gasteiger charge is -2.14. The summed E-state index contributed by atoms with van der Waals surface area (Å²) in [7, 11) is 0. The fraction of sp³-hybridized carbons (Fsp3) is 0.200. The van der Waals surface area contributed by atoms with Crippen LogP contribution < -0.4 is 0 Å². The number of aliphatic hydroxyl groups is 1. The van der Waals surface area contributed by atoms with Crippen molar-refractivity contribution >= 4 is 0 Å². The van der Waals surface area contributed by atoms with E-state index < -0.39 is 23.6 Å². The van der Waals surface area contributed by atoms with Gasteiger partial charge in [0.2, 0.25) is 0 Å². The molecule has 0 radical (unpaired) electrons. The molecule has 0 aliphatic heterocycles. The topological polar surface area (TPSA) is 20.2 Å². The maximum Gasteiger partial charge on any atom is 0.194 e. The number of hydrogen-bond acceptors (Lipinski definition) is 1. The van der Waals surface area contributed by atoms with E-state index >= 15 is 0 Å². The molecule has 2 aromatic rings. The van der Waals surface area contributed by atoms with Gasteiger partial charge in [-0.1, -0.05) is 30.3 Å². The summed E-state index contributed by atoms with van der Waals surface area (Å²) in [6.45, 7) is 1.86. The van der Waals surface area contributed by atoms with Gasteiger partial charge in [-0.3, -0.25) is 0 Å². The van der Waals surface area contributed by atoms with E-state index in [4.69, 9.17) is 0 Å². The van der Waals surface area contributed by atoms with E-state index in [-0.39, 0.29) is 12.0 Å². The Morgan fingerprint density at radius 3 is 2.37 bits per heavy atom. The van der Waals surface area contributed by atoms with E-state index in [9.17, 15) is 18.3 Å². The summed E-state index contributed by atoms with van der Waals surface area (Å²) in [6, 6.07) is 9.20. The van der Waals surface area contributed by atoms with Crippen LogP contribution in [0.1, 0.15) is 22.8 Å². The van der Waals surface area contributed by atoms with Crippen molar-refractivity contribution < 1.29 is 18.3 Å². The predicted molar refractivity (Wildman–Crippen MR) is 66.2 cm³/mol. The Kier molecular flexibility index (Phi) is 3.90. The number of hydrogen-bond donors (Lipinski definition) is 1. The van der Waals surface area contributed by atoms with Crippen molar-refractivity contribution in [1.82, 2.24) is 0 Å². The van der Waals surface area contributed by atoms with E-state index in [1.54, 1.807) is 12.1 Å². The van der Waals surface area contributed by atoms with Gasteiger partial charge in [0, 0.05) is 12.0 Å². The van der Waals surface area contributed by atoms with Gasteiger partial charge in [-0.25, -0.2) is 13.2 Å². The Balaban J connectivity index is 2.28. The van der Waals surface area contributed by atoms with Crippen molar-refractivity contribution in [2.75, 3.05) is 0 Å². The molecule has 19 heavy (non-hydrogen) atoms. The first kappa shape index (κ1) is 13.6. The molecule has 0 aliphatic carbocycles. The van der Waals surface area contributed by atoms with Gasteiger partial charge in [0.15, 0.2) is 17.5 Å². The summed E-state index contributed by atoms with van der Waals surface area (Å²) < 4.78 is 39.5. The first-order valence-corrected chi connectivity index (χ1v) is 5.86. The summed E-state index contributed by atoms with van der Waals surface area (Å²) in [6.07, 6.45) is -1.06. The van der Waals surface area contributed by atoms with Crippen LogP contribution in [0.5, 0.6) is 0 Å². The van der Waals surface area contributed by atoms with E-state index in [2.05, 4.69) is 0 Å². The van der Waals surface area contributed by atoms with E-state index in [0.717, 1.165) is 23.3 Å². The van der Waals surface area contributed by atoms with Gasteiger partial charge < -0.3 is 5.11 Å². The van der Waals surface area contributed by atoms with Crippen molar-refractivity contribution in [3.05, 3.63) is 70.5 Å². The first-order chi connectivity index (χ1) is 9.00. The zero-order valence-corrected chi connectivity index (χ0v) is 10.3. The minimum atomic E-state index is -1.55. The molecule has 0 saturated carbocycles. The van der Waals surface area contributed by atoms with Gasteiger partial charge in [0.1, 0.15) is 0 Å². The van der Waals surface area contributed by atoms with Gasteiger partial charge in [-0.2, -0.15) is 0 Å². The average Bonchev–Trinajstić information content (AvgIpc) is 2.39. The predicted octanol–water partition coefficient (Wildman–Crippen LogP) is 3.69. The van der Waals surface area contributed by atoms with Crippen LogP contribution in [0.4, 0.5) is 13.2 Å². The molecule has 0 spiro atoms. The summed E-state index contributed by atoms with van der Waals surface area (Å²) in [5.74, 6) is -4.15. The number of halogens is 3. The largest absolute Gasteiger partial charge is 0.388 e. The highest BCUT2D eigenvalue weighted by Crippen LogP contribution is 2.25. The molecule has 100 valence electrons. The molecule has 1 unspecified atom stereocenters. The average molecular weight is 266 g/mol. The van der Waals surface area contributed by atoms with Crippen molar-refractivity contribution in [2.24, 2.45) is 0 Å². The minimum absolute atomic E-state index is 0.147. The maximum absolute atomic E-state index is 13.5. The first-order valence-electron chi connectivity index (χ1n) is 5.86. The zero-order chi connectivity index (χ0) is 14.0. The van der Waals surface area contributed by atoms with E-state index in [0.29, 0.717) is 0 Å². The smallest absolute Gasteiger partial charge is 0.194 e. The molecule has 0 saturated heterocycles. The standard InChI is InChI=1S/C15H13F3O/c1-9-4-2-3-5-10(9)8-13(19)11-6-7-12(16)15(18)14(11)17/h2-7,13,19H,8H2,1H3. The number of benzene rings is 2. The molecule has 0 aliphatic rings. The lowest BCUT2D eigenvalue weighted by atomic mass is 9.98. The van der Waals surface area contributed by atoms with Crippen molar-refractivity contribution in [3.8, 4) is 0 Å².